The molecule has 1 rings (SSSR count). The summed E-state index contributed by atoms with van der Waals surface area (Å²) in [4.78, 5) is 0. The van der Waals surface area contributed by atoms with Crippen LogP contribution in [0.4, 0.5) is 0 Å². The molecular weight excluding hydrogens is 118 g/mol. The minimum absolute atomic E-state index is 0.0226. The molecular formula is C6H8NO2. The van der Waals surface area contributed by atoms with Crippen LogP contribution in [0.15, 0.2) is 17.0 Å². The van der Waals surface area contributed by atoms with Gasteiger partial charge in [-0.3, -0.25) is 0 Å². The van der Waals surface area contributed by atoms with Crippen molar-refractivity contribution in [3.8, 4) is 0 Å². The molecule has 0 aromatic carbocycles. The molecule has 0 unspecified atom stereocenters. The van der Waals surface area contributed by atoms with Crippen LogP contribution >= 0.6 is 0 Å². The fourth-order valence-corrected chi connectivity index (χ4v) is 0.626. The smallest absolute Gasteiger partial charge is 0.126 e. The zero-order chi connectivity index (χ0) is 6.53. The Morgan fingerprint density at radius 2 is 2.56 bits per heavy atom. The SMILES string of the molecule is [O]CCCc1cnoc1. The molecule has 0 fully saturated rings. The maximum atomic E-state index is 9.97. The summed E-state index contributed by atoms with van der Waals surface area (Å²) in [5, 5.41) is 13.5. The second kappa shape index (κ2) is 3.25. The van der Waals surface area contributed by atoms with Gasteiger partial charge in [0, 0.05) is 5.56 Å². The Hall–Kier alpha value is -0.830. The van der Waals surface area contributed by atoms with Gasteiger partial charge in [-0.25, -0.2) is 5.11 Å². The van der Waals surface area contributed by atoms with Gasteiger partial charge in [-0.15, -0.1) is 0 Å². The topological polar surface area (TPSA) is 45.9 Å². The minimum atomic E-state index is -0.0226. The first kappa shape index (κ1) is 6.29. The molecule has 1 aromatic heterocycles. The molecule has 49 valence electrons. The number of hydrogen-bond donors (Lipinski definition) is 0. The Bertz CT molecular complexity index is 148. The lowest BCUT2D eigenvalue weighted by Crippen LogP contribution is -1.84. The van der Waals surface area contributed by atoms with Crippen molar-refractivity contribution in [3.63, 3.8) is 0 Å². The Morgan fingerprint density at radius 3 is 3.11 bits per heavy atom. The van der Waals surface area contributed by atoms with Gasteiger partial charge in [-0.05, 0) is 12.8 Å². The summed E-state index contributed by atoms with van der Waals surface area (Å²) in [6.45, 7) is -0.0226. The van der Waals surface area contributed by atoms with Crippen molar-refractivity contribution in [2.75, 3.05) is 6.61 Å². The summed E-state index contributed by atoms with van der Waals surface area (Å²) >= 11 is 0. The van der Waals surface area contributed by atoms with Crippen LogP contribution in [0, 0.1) is 0 Å². The highest BCUT2D eigenvalue weighted by Gasteiger charge is 1.92. The Kier molecular flexibility index (Phi) is 2.27. The molecule has 3 nitrogen and oxygen atoms in total. The van der Waals surface area contributed by atoms with Crippen molar-refractivity contribution in [1.82, 2.24) is 5.16 Å². The normalized spacial score (nSPS) is 9.89. The van der Waals surface area contributed by atoms with Crippen molar-refractivity contribution in [2.45, 2.75) is 12.8 Å². The summed E-state index contributed by atoms with van der Waals surface area (Å²) in [7, 11) is 0. The second-order valence-electron chi connectivity index (χ2n) is 1.84. The van der Waals surface area contributed by atoms with E-state index in [0.717, 1.165) is 12.0 Å². The number of rotatable bonds is 3. The van der Waals surface area contributed by atoms with Gasteiger partial charge in [-0.2, -0.15) is 0 Å². The van der Waals surface area contributed by atoms with Gasteiger partial charge >= 0.3 is 0 Å². The maximum absolute atomic E-state index is 9.97. The van der Waals surface area contributed by atoms with Crippen LogP contribution in [0.3, 0.4) is 0 Å². The van der Waals surface area contributed by atoms with Crippen LogP contribution in [0.2, 0.25) is 0 Å². The predicted molar refractivity (Wildman–Crippen MR) is 30.4 cm³/mol. The van der Waals surface area contributed by atoms with E-state index in [9.17, 15) is 5.11 Å². The van der Waals surface area contributed by atoms with Gasteiger partial charge in [0.1, 0.15) is 6.26 Å². The van der Waals surface area contributed by atoms with E-state index in [-0.39, 0.29) is 6.61 Å². The van der Waals surface area contributed by atoms with E-state index in [1.165, 1.54) is 0 Å². The fraction of sp³-hybridized carbons (Fsp3) is 0.500. The van der Waals surface area contributed by atoms with Crippen LogP contribution < -0.4 is 0 Å². The molecule has 0 atom stereocenters. The Morgan fingerprint density at radius 1 is 1.67 bits per heavy atom. The highest BCUT2D eigenvalue weighted by atomic mass is 16.5. The molecule has 0 saturated heterocycles. The van der Waals surface area contributed by atoms with Crippen molar-refractivity contribution >= 4 is 0 Å². The number of aryl methyl sites for hydroxylation is 1. The average molecular weight is 126 g/mol. The van der Waals surface area contributed by atoms with Gasteiger partial charge < -0.3 is 4.52 Å². The van der Waals surface area contributed by atoms with Crippen molar-refractivity contribution in [2.24, 2.45) is 0 Å². The largest absolute Gasteiger partial charge is 0.364 e. The molecule has 0 aliphatic heterocycles. The second-order valence-corrected chi connectivity index (χ2v) is 1.84. The van der Waals surface area contributed by atoms with E-state index in [1.54, 1.807) is 12.5 Å². The molecule has 0 aliphatic carbocycles. The third-order valence-corrected chi connectivity index (χ3v) is 1.09. The van der Waals surface area contributed by atoms with Crippen LogP contribution in [0.25, 0.3) is 0 Å². The Balaban J connectivity index is 2.30. The van der Waals surface area contributed by atoms with E-state index in [4.69, 9.17) is 0 Å². The lowest BCUT2D eigenvalue weighted by Gasteiger charge is -1.86. The standard InChI is InChI=1S/C6H8NO2/c8-3-1-2-6-4-7-9-5-6/h4-5H,1-3H2. The molecule has 0 spiro atoms. The summed E-state index contributed by atoms with van der Waals surface area (Å²) < 4.78 is 4.56. The molecule has 0 saturated carbocycles. The molecule has 1 radical (unpaired) electrons. The molecule has 0 N–H and O–H groups in total. The molecule has 1 aromatic rings. The zero-order valence-electron chi connectivity index (χ0n) is 5.04. The van der Waals surface area contributed by atoms with E-state index in [2.05, 4.69) is 9.68 Å². The molecule has 0 aliphatic rings. The average Bonchev–Trinajstić information content (AvgIpc) is 2.34. The van der Waals surface area contributed by atoms with E-state index in [1.807, 2.05) is 0 Å². The summed E-state index contributed by atoms with van der Waals surface area (Å²) in [5.74, 6) is 0. The first-order valence-corrected chi connectivity index (χ1v) is 2.90. The van der Waals surface area contributed by atoms with Gasteiger partial charge in [0.25, 0.3) is 0 Å². The zero-order valence-corrected chi connectivity index (χ0v) is 5.04. The number of aromatic nitrogens is 1. The number of nitrogens with zero attached hydrogens (tertiary/aromatic N) is 1. The van der Waals surface area contributed by atoms with Gasteiger partial charge in [-0.1, -0.05) is 5.16 Å². The Labute approximate surface area is 53.3 Å². The van der Waals surface area contributed by atoms with Crippen LogP contribution in [0.5, 0.6) is 0 Å². The highest BCUT2D eigenvalue weighted by molar-refractivity contribution is 4.99. The van der Waals surface area contributed by atoms with Crippen LogP contribution in [-0.4, -0.2) is 11.8 Å². The third kappa shape index (κ3) is 1.85. The molecule has 0 amide bonds. The minimum Gasteiger partial charge on any atom is -0.364 e. The van der Waals surface area contributed by atoms with Crippen molar-refractivity contribution in [1.29, 1.82) is 0 Å². The quantitative estimate of drug-likeness (QED) is 0.607. The highest BCUT2D eigenvalue weighted by Crippen LogP contribution is 1.99. The molecule has 9 heavy (non-hydrogen) atoms. The van der Waals surface area contributed by atoms with Crippen molar-refractivity contribution < 1.29 is 9.63 Å². The molecule has 3 heteroatoms. The van der Waals surface area contributed by atoms with Crippen LogP contribution in [-0.2, 0) is 11.5 Å². The first-order chi connectivity index (χ1) is 4.43. The lowest BCUT2D eigenvalue weighted by atomic mass is 10.2. The summed E-state index contributed by atoms with van der Waals surface area (Å²) in [5.41, 5.74) is 1.01. The molecule has 1 heterocycles. The maximum Gasteiger partial charge on any atom is 0.126 e. The molecule has 0 bridgehead atoms. The summed E-state index contributed by atoms with van der Waals surface area (Å²) in [6.07, 6.45) is 4.65. The van der Waals surface area contributed by atoms with E-state index >= 15 is 0 Å². The lowest BCUT2D eigenvalue weighted by molar-refractivity contribution is 0.189. The van der Waals surface area contributed by atoms with Crippen molar-refractivity contribution in [3.05, 3.63) is 18.0 Å². The predicted octanol–water partition coefficient (Wildman–Crippen LogP) is 1.04. The van der Waals surface area contributed by atoms with Gasteiger partial charge in [0.05, 0.1) is 12.8 Å². The van der Waals surface area contributed by atoms with Crippen LogP contribution in [0.1, 0.15) is 12.0 Å². The monoisotopic (exact) mass is 126 g/mol. The summed E-state index contributed by atoms with van der Waals surface area (Å²) in [6, 6.07) is 0. The van der Waals surface area contributed by atoms with E-state index in [0.29, 0.717) is 6.42 Å². The first-order valence-electron chi connectivity index (χ1n) is 2.90. The number of hydrogen-bond acceptors (Lipinski definition) is 2. The fourth-order valence-electron chi connectivity index (χ4n) is 0.626. The van der Waals surface area contributed by atoms with Gasteiger partial charge in [0.2, 0.25) is 0 Å². The van der Waals surface area contributed by atoms with E-state index < -0.39 is 0 Å². The third-order valence-electron chi connectivity index (χ3n) is 1.09. The van der Waals surface area contributed by atoms with Gasteiger partial charge in [0.15, 0.2) is 0 Å².